The highest BCUT2D eigenvalue weighted by Gasteiger charge is 2.29. The molecule has 2 nitrogen and oxygen atoms in total. The van der Waals surface area contributed by atoms with E-state index in [1.807, 2.05) is 34.6 Å². The molecule has 0 spiro atoms. The second-order valence-corrected chi connectivity index (χ2v) is 4.19. The second-order valence-electron chi connectivity index (χ2n) is 3.10. The van der Waals surface area contributed by atoms with Gasteiger partial charge in [0, 0.05) is 11.4 Å². The largest absolute Gasteiger partial charge is 0.301 e. The lowest BCUT2D eigenvalue weighted by Crippen LogP contribution is -2.18. The molecule has 0 saturated carbocycles. The lowest BCUT2D eigenvalue weighted by Gasteiger charge is -2.15. The number of nitrogens with zero attached hydrogens (tertiary/aromatic N) is 1. The number of carbonyl (C=O) groups excluding carboxylic acids is 1. The Morgan fingerprint density at radius 1 is 1.50 bits per heavy atom. The molecule has 72 valence electrons. The molecule has 0 amide bonds. The Labute approximate surface area is 87.7 Å². The first-order valence-corrected chi connectivity index (χ1v) is 5.24. The van der Waals surface area contributed by atoms with Crippen LogP contribution in [0.5, 0.6) is 0 Å². The van der Waals surface area contributed by atoms with E-state index in [0.717, 1.165) is 18.4 Å². The third kappa shape index (κ3) is 1.49. The third-order valence-corrected chi connectivity index (χ3v) is 3.38. The van der Waals surface area contributed by atoms with Crippen molar-refractivity contribution in [2.75, 3.05) is 6.54 Å². The van der Waals surface area contributed by atoms with Crippen molar-refractivity contribution in [1.29, 1.82) is 0 Å². The summed E-state index contributed by atoms with van der Waals surface area (Å²) in [6.45, 7) is 4.41. The molecule has 1 atom stereocenters. The smallest absolute Gasteiger partial charge is 0.142 e. The minimum absolute atomic E-state index is 0.116. The van der Waals surface area contributed by atoms with Gasteiger partial charge in [0.25, 0.3) is 0 Å². The Balaban J connectivity index is 2.33. The van der Waals surface area contributed by atoms with Crippen molar-refractivity contribution in [2.45, 2.75) is 10.9 Å². The van der Waals surface area contributed by atoms with E-state index in [0.29, 0.717) is 0 Å². The maximum atomic E-state index is 11.0. The van der Waals surface area contributed by atoms with Crippen LogP contribution in [0.2, 0.25) is 0 Å². The fraction of sp³-hybridized carbons (Fsp3) is 0.182. The van der Waals surface area contributed by atoms with Gasteiger partial charge in [-0.25, -0.2) is 4.31 Å². The molecule has 0 N–H and O–H groups in total. The second kappa shape index (κ2) is 3.98. The first-order chi connectivity index (χ1) is 6.86. The molecule has 14 heavy (non-hydrogen) atoms. The normalized spacial score (nSPS) is 20.4. The van der Waals surface area contributed by atoms with E-state index in [2.05, 4.69) is 6.58 Å². The summed E-state index contributed by atoms with van der Waals surface area (Å²) in [5, 5.41) is 0. The molecule has 3 heteroatoms. The van der Waals surface area contributed by atoms with Crippen molar-refractivity contribution in [3.63, 3.8) is 0 Å². The molecule has 0 radical (unpaired) electrons. The molecule has 0 fully saturated rings. The Morgan fingerprint density at radius 2 is 2.29 bits per heavy atom. The first-order valence-electron chi connectivity index (χ1n) is 4.46. The van der Waals surface area contributed by atoms with E-state index in [4.69, 9.17) is 0 Å². The van der Waals surface area contributed by atoms with Crippen LogP contribution in [0.15, 0.2) is 41.8 Å². The summed E-state index contributed by atoms with van der Waals surface area (Å²) >= 11 is 1.62. The van der Waals surface area contributed by atoms with Gasteiger partial charge in [-0.15, -0.1) is 6.58 Å². The van der Waals surface area contributed by atoms with Crippen LogP contribution in [0.4, 0.5) is 0 Å². The van der Waals surface area contributed by atoms with Gasteiger partial charge in [-0.3, -0.25) is 0 Å². The number of benzene rings is 1. The molecule has 0 aromatic heterocycles. The molecule has 1 aliphatic heterocycles. The summed E-state index contributed by atoms with van der Waals surface area (Å²) in [5.41, 5.74) is 1.11. The van der Waals surface area contributed by atoms with E-state index in [1.165, 1.54) is 4.90 Å². The van der Waals surface area contributed by atoms with Crippen LogP contribution in [0.3, 0.4) is 0 Å². The summed E-state index contributed by atoms with van der Waals surface area (Å²) in [7, 11) is 0. The molecule has 0 saturated heterocycles. The molecule has 1 aromatic rings. The number of rotatable bonds is 3. The van der Waals surface area contributed by atoms with Gasteiger partial charge in [0.1, 0.15) is 12.3 Å². The van der Waals surface area contributed by atoms with Crippen LogP contribution in [0.1, 0.15) is 11.6 Å². The SMILES string of the molecule is C=CCN1Sc2ccccc2C1C=O. The zero-order valence-corrected chi connectivity index (χ0v) is 8.54. The third-order valence-electron chi connectivity index (χ3n) is 2.20. The van der Waals surface area contributed by atoms with Gasteiger partial charge in [0.05, 0.1) is 0 Å². The summed E-state index contributed by atoms with van der Waals surface area (Å²) < 4.78 is 2.03. The van der Waals surface area contributed by atoms with Gasteiger partial charge in [-0.05, 0) is 23.6 Å². The molecule has 1 heterocycles. The monoisotopic (exact) mass is 205 g/mol. The first kappa shape index (κ1) is 9.49. The van der Waals surface area contributed by atoms with E-state index in [9.17, 15) is 4.79 Å². The maximum Gasteiger partial charge on any atom is 0.142 e. The number of carbonyl (C=O) groups is 1. The summed E-state index contributed by atoms with van der Waals surface area (Å²) in [6.07, 6.45) is 2.80. The van der Waals surface area contributed by atoms with Crippen molar-refractivity contribution in [1.82, 2.24) is 4.31 Å². The Kier molecular flexibility index (Phi) is 2.70. The van der Waals surface area contributed by atoms with Gasteiger partial charge < -0.3 is 4.79 Å². The Bertz CT molecular complexity index is 364. The lowest BCUT2D eigenvalue weighted by molar-refractivity contribution is -0.110. The van der Waals surface area contributed by atoms with Crippen LogP contribution >= 0.6 is 11.9 Å². The fourth-order valence-electron chi connectivity index (χ4n) is 1.57. The lowest BCUT2D eigenvalue weighted by atomic mass is 10.1. The van der Waals surface area contributed by atoms with Gasteiger partial charge in [0.15, 0.2) is 0 Å². The van der Waals surface area contributed by atoms with E-state index < -0.39 is 0 Å². The van der Waals surface area contributed by atoms with Crippen molar-refractivity contribution in [2.24, 2.45) is 0 Å². The van der Waals surface area contributed by atoms with E-state index >= 15 is 0 Å². The maximum absolute atomic E-state index is 11.0. The molecular formula is C11H11NOS. The van der Waals surface area contributed by atoms with Gasteiger partial charge in [-0.1, -0.05) is 24.3 Å². The average Bonchev–Trinajstić information content (AvgIpc) is 2.55. The van der Waals surface area contributed by atoms with Crippen LogP contribution in [-0.4, -0.2) is 17.1 Å². The van der Waals surface area contributed by atoms with E-state index in [1.54, 1.807) is 11.9 Å². The fourth-order valence-corrected chi connectivity index (χ4v) is 2.71. The van der Waals surface area contributed by atoms with Crippen LogP contribution in [-0.2, 0) is 4.79 Å². The molecule has 1 unspecified atom stereocenters. The average molecular weight is 205 g/mol. The van der Waals surface area contributed by atoms with Gasteiger partial charge in [0.2, 0.25) is 0 Å². The zero-order chi connectivity index (χ0) is 9.97. The summed E-state index contributed by atoms with van der Waals surface area (Å²) in [6, 6.07) is 7.89. The quantitative estimate of drug-likeness (QED) is 0.429. The Hall–Kier alpha value is -1.06. The number of hydrogen-bond acceptors (Lipinski definition) is 3. The molecule has 0 aliphatic carbocycles. The molecule has 0 bridgehead atoms. The number of fused-ring (bicyclic) bond motifs is 1. The Morgan fingerprint density at radius 3 is 3.00 bits per heavy atom. The van der Waals surface area contributed by atoms with E-state index in [-0.39, 0.29) is 6.04 Å². The molecule has 2 rings (SSSR count). The van der Waals surface area contributed by atoms with Crippen molar-refractivity contribution < 1.29 is 4.79 Å². The predicted octanol–water partition coefficient (Wildman–Crippen LogP) is 2.44. The van der Waals surface area contributed by atoms with Gasteiger partial charge in [-0.2, -0.15) is 0 Å². The zero-order valence-electron chi connectivity index (χ0n) is 7.72. The minimum Gasteiger partial charge on any atom is -0.301 e. The summed E-state index contributed by atoms with van der Waals surface area (Å²) in [4.78, 5) is 12.1. The predicted molar refractivity (Wildman–Crippen MR) is 58.0 cm³/mol. The van der Waals surface area contributed by atoms with Gasteiger partial charge >= 0.3 is 0 Å². The van der Waals surface area contributed by atoms with Crippen molar-refractivity contribution >= 4 is 18.2 Å². The molecule has 1 aromatic carbocycles. The number of aldehydes is 1. The van der Waals surface area contributed by atoms with Crippen LogP contribution < -0.4 is 0 Å². The van der Waals surface area contributed by atoms with Crippen molar-refractivity contribution in [3.8, 4) is 0 Å². The highest BCUT2D eigenvalue weighted by atomic mass is 32.2. The topological polar surface area (TPSA) is 20.3 Å². The highest BCUT2D eigenvalue weighted by molar-refractivity contribution is 7.97. The summed E-state index contributed by atoms with van der Waals surface area (Å²) in [5.74, 6) is 0. The molecule has 1 aliphatic rings. The minimum atomic E-state index is -0.116. The standard InChI is InChI=1S/C11H11NOS/c1-2-7-12-10(8-13)9-5-3-4-6-11(9)14-12/h2-6,8,10H,1,7H2. The number of hydrogen-bond donors (Lipinski definition) is 0. The van der Waals surface area contributed by atoms with Crippen LogP contribution in [0.25, 0.3) is 0 Å². The van der Waals surface area contributed by atoms with Crippen molar-refractivity contribution in [3.05, 3.63) is 42.5 Å². The highest BCUT2D eigenvalue weighted by Crippen LogP contribution is 2.42. The molecular weight excluding hydrogens is 194 g/mol. The van der Waals surface area contributed by atoms with Crippen LogP contribution in [0, 0.1) is 0 Å².